The number of nitrogens with one attached hydrogen (secondary N) is 1. The number of nitrogens with zero attached hydrogens (tertiary/aromatic N) is 6. The number of ether oxygens (including phenoxy) is 1. The molecule has 2 atom stereocenters. The number of halogens is 3. The smallest absolute Gasteiger partial charge is 0.377 e. The van der Waals surface area contributed by atoms with Crippen LogP contribution in [-0.2, 0) is 10.9 Å². The van der Waals surface area contributed by atoms with Crippen molar-refractivity contribution in [3.05, 3.63) is 46.1 Å². The van der Waals surface area contributed by atoms with Gasteiger partial charge in [-0.15, -0.1) is 15.3 Å². The van der Waals surface area contributed by atoms with Crippen LogP contribution in [0.5, 0.6) is 0 Å². The van der Waals surface area contributed by atoms with Gasteiger partial charge in [0.1, 0.15) is 11.9 Å². The van der Waals surface area contributed by atoms with Gasteiger partial charge in [0.25, 0.3) is 11.4 Å². The Balaban J connectivity index is 1.65. The summed E-state index contributed by atoms with van der Waals surface area (Å²) in [6.45, 7) is 2.26. The fourth-order valence-corrected chi connectivity index (χ4v) is 2.91. The Labute approximate surface area is 149 Å². The lowest BCUT2D eigenvalue weighted by Gasteiger charge is -2.20. The minimum Gasteiger partial charge on any atom is -0.377 e. The Morgan fingerprint density at radius 3 is 2.74 bits per heavy atom. The van der Waals surface area contributed by atoms with Gasteiger partial charge >= 0.3 is 6.18 Å². The first-order valence-electron chi connectivity index (χ1n) is 8.03. The van der Waals surface area contributed by atoms with Crippen LogP contribution in [-0.4, -0.2) is 48.8 Å². The van der Waals surface area contributed by atoms with E-state index in [4.69, 9.17) is 4.74 Å². The number of anilines is 1. The third kappa shape index (κ3) is 3.23. The molecule has 2 unspecified atom stereocenters. The second-order valence-corrected chi connectivity index (χ2v) is 6.12. The first kappa shape index (κ1) is 17.4. The van der Waals surface area contributed by atoms with Crippen LogP contribution in [0.25, 0.3) is 5.65 Å². The molecule has 0 amide bonds. The van der Waals surface area contributed by atoms with Gasteiger partial charge in [-0.3, -0.25) is 4.79 Å². The second-order valence-electron chi connectivity index (χ2n) is 6.12. The van der Waals surface area contributed by atoms with Crippen molar-refractivity contribution in [2.75, 3.05) is 18.5 Å². The van der Waals surface area contributed by atoms with E-state index in [0.29, 0.717) is 10.2 Å². The van der Waals surface area contributed by atoms with Crippen LogP contribution in [0.3, 0.4) is 0 Å². The minimum absolute atomic E-state index is 0.0244. The van der Waals surface area contributed by atoms with Crippen LogP contribution >= 0.6 is 0 Å². The average Bonchev–Trinajstić information content (AvgIpc) is 3.23. The van der Waals surface area contributed by atoms with Gasteiger partial charge in [0, 0.05) is 6.07 Å². The van der Waals surface area contributed by atoms with Crippen LogP contribution in [0, 0.1) is 6.92 Å². The van der Waals surface area contributed by atoms with E-state index in [1.807, 2.05) is 0 Å². The van der Waals surface area contributed by atoms with E-state index in [2.05, 4.69) is 25.7 Å². The summed E-state index contributed by atoms with van der Waals surface area (Å²) in [5.74, 6) is -1.04. The van der Waals surface area contributed by atoms with Crippen LogP contribution in [0.2, 0.25) is 0 Å². The summed E-state index contributed by atoms with van der Waals surface area (Å²) in [4.78, 5) is 12.1. The topological polar surface area (TPSA) is 99.2 Å². The maximum absolute atomic E-state index is 13.0. The van der Waals surface area contributed by atoms with Crippen molar-refractivity contribution in [1.29, 1.82) is 0 Å². The predicted octanol–water partition coefficient (Wildman–Crippen LogP) is 1.06. The van der Waals surface area contributed by atoms with Crippen LogP contribution in [0.4, 0.5) is 19.0 Å². The Kier molecular flexibility index (Phi) is 4.06. The number of hydrogen-bond donors (Lipinski definition) is 1. The van der Waals surface area contributed by atoms with Crippen molar-refractivity contribution < 1.29 is 17.9 Å². The molecule has 3 aromatic heterocycles. The minimum atomic E-state index is -4.68. The molecule has 27 heavy (non-hydrogen) atoms. The molecule has 1 saturated heterocycles. The first-order chi connectivity index (χ1) is 12.8. The molecule has 0 radical (unpaired) electrons. The number of alkyl halides is 3. The predicted molar refractivity (Wildman–Crippen MR) is 86.3 cm³/mol. The van der Waals surface area contributed by atoms with Gasteiger partial charge in [0.05, 0.1) is 24.9 Å². The zero-order chi connectivity index (χ0) is 19.2. The summed E-state index contributed by atoms with van der Waals surface area (Å²) in [5, 5.41) is 17.8. The fraction of sp³-hybridized carbons (Fsp3) is 0.400. The average molecular weight is 381 g/mol. The van der Waals surface area contributed by atoms with Crippen LogP contribution < -0.4 is 10.9 Å². The standard InChI is InChI=1S/C15H14F3N7O2/c1-8-2-5-13(26)24(22-8)10-7-27-6-9(10)19-11-3-4-12-20-21-14(15(16,17)18)25(12)23-11/h2-5,9-10H,6-7H2,1H3,(H,19,23). The molecule has 0 saturated carbocycles. The molecule has 0 bridgehead atoms. The van der Waals surface area contributed by atoms with Gasteiger partial charge in [-0.25, -0.2) is 4.68 Å². The van der Waals surface area contributed by atoms with E-state index in [1.165, 1.54) is 22.9 Å². The number of rotatable bonds is 3. The molecule has 4 rings (SSSR count). The SMILES string of the molecule is Cc1ccc(=O)n(C2COCC2Nc2ccc3nnc(C(F)(F)F)n3n2)n1. The lowest BCUT2D eigenvalue weighted by molar-refractivity contribution is -0.146. The summed E-state index contributed by atoms with van der Waals surface area (Å²) in [6, 6.07) is 5.07. The lowest BCUT2D eigenvalue weighted by Crippen LogP contribution is -2.37. The molecule has 3 aromatic rings. The summed E-state index contributed by atoms with van der Waals surface area (Å²) in [5.41, 5.74) is 0.354. The summed E-state index contributed by atoms with van der Waals surface area (Å²) < 4.78 is 46.4. The lowest BCUT2D eigenvalue weighted by atomic mass is 10.1. The monoisotopic (exact) mass is 381 g/mol. The van der Waals surface area contributed by atoms with E-state index in [9.17, 15) is 18.0 Å². The van der Waals surface area contributed by atoms with Crippen LogP contribution in [0.15, 0.2) is 29.1 Å². The number of hydrogen-bond acceptors (Lipinski definition) is 7. The molecule has 0 aliphatic carbocycles. The molecule has 12 heteroatoms. The molecule has 1 fully saturated rings. The fourth-order valence-electron chi connectivity index (χ4n) is 2.91. The van der Waals surface area contributed by atoms with Gasteiger partial charge in [-0.1, -0.05) is 0 Å². The molecule has 9 nitrogen and oxygen atoms in total. The van der Waals surface area contributed by atoms with Crippen LogP contribution in [0.1, 0.15) is 17.6 Å². The highest BCUT2D eigenvalue weighted by Crippen LogP contribution is 2.28. The normalized spacial score (nSPS) is 20.3. The van der Waals surface area contributed by atoms with Crippen molar-refractivity contribution in [2.24, 2.45) is 0 Å². The number of aromatic nitrogens is 6. The van der Waals surface area contributed by atoms with Gasteiger partial charge in [0.2, 0.25) is 0 Å². The third-order valence-electron chi connectivity index (χ3n) is 4.17. The molecular formula is C15H14F3N7O2. The first-order valence-corrected chi connectivity index (χ1v) is 8.03. The molecule has 1 aliphatic rings. The largest absolute Gasteiger partial charge is 0.453 e. The van der Waals surface area contributed by atoms with Crippen molar-refractivity contribution >= 4 is 11.5 Å². The van der Waals surface area contributed by atoms with Crippen molar-refractivity contribution in [3.63, 3.8) is 0 Å². The zero-order valence-electron chi connectivity index (χ0n) is 14.0. The summed E-state index contributed by atoms with van der Waals surface area (Å²) >= 11 is 0. The quantitative estimate of drug-likeness (QED) is 0.724. The van der Waals surface area contributed by atoms with Crippen molar-refractivity contribution in [1.82, 2.24) is 29.6 Å². The highest BCUT2D eigenvalue weighted by atomic mass is 19.4. The van der Waals surface area contributed by atoms with Gasteiger partial charge in [-0.2, -0.15) is 22.8 Å². The third-order valence-corrected chi connectivity index (χ3v) is 4.17. The van der Waals surface area contributed by atoms with Gasteiger partial charge < -0.3 is 10.1 Å². The van der Waals surface area contributed by atoms with E-state index < -0.39 is 24.1 Å². The Hall–Kier alpha value is -3.02. The molecule has 0 aromatic carbocycles. The maximum Gasteiger partial charge on any atom is 0.453 e. The molecule has 1 N–H and O–H groups in total. The molecule has 142 valence electrons. The van der Waals surface area contributed by atoms with E-state index in [1.54, 1.807) is 13.0 Å². The van der Waals surface area contributed by atoms with E-state index in [0.717, 1.165) is 0 Å². The Morgan fingerprint density at radius 2 is 1.96 bits per heavy atom. The summed E-state index contributed by atoms with van der Waals surface area (Å²) in [6.07, 6.45) is -4.68. The van der Waals surface area contributed by atoms with E-state index >= 15 is 0 Å². The highest BCUT2D eigenvalue weighted by Gasteiger charge is 2.38. The summed E-state index contributed by atoms with van der Waals surface area (Å²) in [7, 11) is 0. The second kappa shape index (κ2) is 6.30. The molecule has 1 aliphatic heterocycles. The number of fused-ring (bicyclic) bond motifs is 1. The Morgan fingerprint density at radius 1 is 1.15 bits per heavy atom. The van der Waals surface area contributed by atoms with Crippen molar-refractivity contribution in [3.8, 4) is 0 Å². The Bertz CT molecular complexity index is 1050. The zero-order valence-corrected chi connectivity index (χ0v) is 14.0. The van der Waals surface area contributed by atoms with E-state index in [-0.39, 0.29) is 30.2 Å². The van der Waals surface area contributed by atoms with Gasteiger partial charge in [-0.05, 0) is 25.1 Å². The van der Waals surface area contributed by atoms with Gasteiger partial charge in [0.15, 0.2) is 5.65 Å². The molecule has 4 heterocycles. The molecular weight excluding hydrogens is 367 g/mol. The van der Waals surface area contributed by atoms with Crippen molar-refractivity contribution in [2.45, 2.75) is 25.2 Å². The maximum atomic E-state index is 13.0. The number of aryl methyl sites for hydroxylation is 1. The highest BCUT2D eigenvalue weighted by molar-refractivity contribution is 5.45. The molecule has 0 spiro atoms.